The lowest BCUT2D eigenvalue weighted by Gasteiger charge is -2.26. The molecule has 4 nitrogen and oxygen atoms in total. The summed E-state index contributed by atoms with van der Waals surface area (Å²) in [5.74, 6) is -0.990. The number of carboxylic acids is 1. The Balaban J connectivity index is 2.13. The average Bonchev–Trinajstić information content (AvgIpc) is 2.48. The molecule has 0 aliphatic carbocycles. The summed E-state index contributed by atoms with van der Waals surface area (Å²) in [5.41, 5.74) is 2.11. The van der Waals surface area contributed by atoms with Crippen LogP contribution in [-0.2, 0) is 13.1 Å². The zero-order chi connectivity index (χ0) is 15.2. The monoisotopic (exact) mass is 284 g/mol. The van der Waals surface area contributed by atoms with E-state index in [4.69, 9.17) is 5.11 Å². The Morgan fingerprint density at radius 3 is 2.43 bits per heavy atom. The van der Waals surface area contributed by atoms with Gasteiger partial charge in [-0.2, -0.15) is 0 Å². The molecule has 2 aromatic rings. The largest absolute Gasteiger partial charge is 0.477 e. The second-order valence-corrected chi connectivity index (χ2v) is 5.30. The highest BCUT2D eigenvalue weighted by molar-refractivity contribution is 5.85. The number of rotatable bonds is 6. The maximum Gasteiger partial charge on any atom is 0.354 e. The third kappa shape index (κ3) is 4.39. The Morgan fingerprint density at radius 1 is 1.10 bits per heavy atom. The van der Waals surface area contributed by atoms with Crippen LogP contribution in [0.2, 0.25) is 0 Å². The minimum Gasteiger partial charge on any atom is -0.477 e. The number of hydrogen-bond donors (Lipinski definition) is 1. The van der Waals surface area contributed by atoms with Gasteiger partial charge in [0.15, 0.2) is 0 Å². The fourth-order valence-electron chi connectivity index (χ4n) is 2.13. The molecule has 0 radical (unpaired) electrons. The van der Waals surface area contributed by atoms with E-state index in [0.29, 0.717) is 12.6 Å². The van der Waals surface area contributed by atoms with Gasteiger partial charge in [-0.1, -0.05) is 36.4 Å². The Bertz CT molecular complexity index is 597. The predicted molar refractivity (Wildman–Crippen MR) is 82.0 cm³/mol. The molecular formula is C17H20N2O2. The number of nitrogens with zero attached hydrogens (tertiary/aromatic N) is 2. The van der Waals surface area contributed by atoms with Gasteiger partial charge in [-0.3, -0.25) is 4.90 Å². The van der Waals surface area contributed by atoms with E-state index in [1.807, 2.05) is 24.3 Å². The molecule has 0 saturated carbocycles. The first-order chi connectivity index (χ1) is 10.1. The lowest BCUT2D eigenvalue weighted by Crippen LogP contribution is -2.30. The Morgan fingerprint density at radius 2 is 1.81 bits per heavy atom. The highest BCUT2D eigenvalue weighted by Crippen LogP contribution is 2.12. The van der Waals surface area contributed by atoms with Crippen LogP contribution in [0.3, 0.4) is 0 Å². The summed E-state index contributed by atoms with van der Waals surface area (Å²) < 4.78 is 0. The van der Waals surface area contributed by atoms with Crippen molar-refractivity contribution in [1.29, 1.82) is 0 Å². The average molecular weight is 284 g/mol. The van der Waals surface area contributed by atoms with Crippen molar-refractivity contribution in [2.45, 2.75) is 33.0 Å². The third-order valence-electron chi connectivity index (χ3n) is 3.35. The fraction of sp³-hybridized carbons (Fsp3) is 0.294. The smallest absolute Gasteiger partial charge is 0.354 e. The zero-order valence-corrected chi connectivity index (χ0v) is 12.4. The number of aromatic nitrogens is 1. The number of aromatic carboxylic acids is 1. The van der Waals surface area contributed by atoms with Crippen molar-refractivity contribution in [2.24, 2.45) is 0 Å². The number of benzene rings is 1. The van der Waals surface area contributed by atoms with Crippen LogP contribution in [0.25, 0.3) is 0 Å². The van der Waals surface area contributed by atoms with E-state index in [9.17, 15) is 4.79 Å². The molecular weight excluding hydrogens is 264 g/mol. The molecule has 0 aliphatic rings. The first-order valence-corrected chi connectivity index (χ1v) is 7.03. The number of carboxylic acid groups (broad SMARTS) is 1. The molecule has 21 heavy (non-hydrogen) atoms. The van der Waals surface area contributed by atoms with Crippen molar-refractivity contribution >= 4 is 5.97 Å². The summed E-state index contributed by atoms with van der Waals surface area (Å²) in [6.07, 6.45) is 0. The van der Waals surface area contributed by atoms with Gasteiger partial charge < -0.3 is 5.11 Å². The SMILES string of the molecule is CC(C)N(Cc1ccccc1)Cc1cccc(C(=O)O)n1. The summed E-state index contributed by atoms with van der Waals surface area (Å²) >= 11 is 0. The number of hydrogen-bond acceptors (Lipinski definition) is 3. The summed E-state index contributed by atoms with van der Waals surface area (Å²) in [6, 6.07) is 15.7. The normalized spacial score (nSPS) is 11.0. The molecule has 0 fully saturated rings. The van der Waals surface area contributed by atoms with E-state index < -0.39 is 5.97 Å². The van der Waals surface area contributed by atoms with Crippen molar-refractivity contribution in [1.82, 2.24) is 9.88 Å². The maximum absolute atomic E-state index is 11.0. The fourth-order valence-corrected chi connectivity index (χ4v) is 2.13. The standard InChI is InChI=1S/C17H20N2O2/c1-13(2)19(11-14-7-4-3-5-8-14)12-15-9-6-10-16(18-15)17(20)21/h3-10,13H,11-12H2,1-2H3,(H,20,21). The van der Waals surface area contributed by atoms with E-state index in [2.05, 4.69) is 35.9 Å². The summed E-state index contributed by atoms with van der Waals surface area (Å²) in [5, 5.41) is 9.01. The minimum atomic E-state index is -0.990. The van der Waals surface area contributed by atoms with Gasteiger partial charge in [0.1, 0.15) is 5.69 Å². The van der Waals surface area contributed by atoms with E-state index in [1.165, 1.54) is 11.6 Å². The molecule has 0 amide bonds. The van der Waals surface area contributed by atoms with Crippen molar-refractivity contribution < 1.29 is 9.90 Å². The topological polar surface area (TPSA) is 53.4 Å². The third-order valence-corrected chi connectivity index (χ3v) is 3.35. The van der Waals surface area contributed by atoms with Gasteiger partial charge in [-0.05, 0) is 31.5 Å². The quantitative estimate of drug-likeness (QED) is 0.885. The van der Waals surface area contributed by atoms with E-state index in [-0.39, 0.29) is 5.69 Å². The Hall–Kier alpha value is -2.20. The lowest BCUT2D eigenvalue weighted by atomic mass is 10.1. The molecule has 1 aromatic carbocycles. The van der Waals surface area contributed by atoms with Crippen LogP contribution in [0.5, 0.6) is 0 Å². The van der Waals surface area contributed by atoms with Crippen molar-refractivity contribution in [3.05, 3.63) is 65.5 Å². The molecule has 0 spiro atoms. The molecule has 0 aliphatic heterocycles. The second-order valence-electron chi connectivity index (χ2n) is 5.30. The van der Waals surface area contributed by atoms with Crippen LogP contribution >= 0.6 is 0 Å². The molecule has 1 aromatic heterocycles. The highest BCUT2D eigenvalue weighted by Gasteiger charge is 2.13. The van der Waals surface area contributed by atoms with Gasteiger partial charge in [0.05, 0.1) is 5.69 Å². The van der Waals surface area contributed by atoms with Gasteiger partial charge in [-0.15, -0.1) is 0 Å². The van der Waals surface area contributed by atoms with E-state index >= 15 is 0 Å². The maximum atomic E-state index is 11.0. The molecule has 1 heterocycles. The minimum absolute atomic E-state index is 0.0934. The van der Waals surface area contributed by atoms with Crippen LogP contribution < -0.4 is 0 Å². The predicted octanol–water partition coefficient (Wildman–Crippen LogP) is 3.19. The highest BCUT2D eigenvalue weighted by atomic mass is 16.4. The molecule has 4 heteroatoms. The Labute approximate surface area is 125 Å². The molecule has 0 unspecified atom stereocenters. The second kappa shape index (κ2) is 6.99. The molecule has 0 atom stereocenters. The lowest BCUT2D eigenvalue weighted by molar-refractivity contribution is 0.0689. The summed E-state index contributed by atoms with van der Waals surface area (Å²) in [6.45, 7) is 5.71. The first kappa shape index (κ1) is 15.2. The molecule has 1 N–H and O–H groups in total. The van der Waals surface area contributed by atoms with Crippen LogP contribution in [0.15, 0.2) is 48.5 Å². The first-order valence-electron chi connectivity index (χ1n) is 7.03. The molecule has 2 rings (SSSR count). The summed E-state index contributed by atoms with van der Waals surface area (Å²) in [4.78, 5) is 17.4. The summed E-state index contributed by atoms with van der Waals surface area (Å²) in [7, 11) is 0. The van der Waals surface area contributed by atoms with Crippen LogP contribution in [-0.4, -0.2) is 27.0 Å². The van der Waals surface area contributed by atoms with Crippen molar-refractivity contribution in [3.8, 4) is 0 Å². The van der Waals surface area contributed by atoms with Crippen LogP contribution in [0.1, 0.15) is 35.6 Å². The van der Waals surface area contributed by atoms with E-state index in [0.717, 1.165) is 12.2 Å². The van der Waals surface area contributed by atoms with Gasteiger partial charge in [0.2, 0.25) is 0 Å². The number of pyridine rings is 1. The van der Waals surface area contributed by atoms with Gasteiger partial charge in [0, 0.05) is 19.1 Å². The van der Waals surface area contributed by atoms with Crippen molar-refractivity contribution in [2.75, 3.05) is 0 Å². The molecule has 0 bridgehead atoms. The molecule has 110 valence electrons. The van der Waals surface area contributed by atoms with Crippen molar-refractivity contribution in [3.63, 3.8) is 0 Å². The Kier molecular flexibility index (Phi) is 5.06. The van der Waals surface area contributed by atoms with Gasteiger partial charge >= 0.3 is 5.97 Å². The van der Waals surface area contributed by atoms with E-state index in [1.54, 1.807) is 6.07 Å². The van der Waals surface area contributed by atoms with Crippen LogP contribution in [0.4, 0.5) is 0 Å². The molecule has 0 saturated heterocycles. The van der Waals surface area contributed by atoms with Gasteiger partial charge in [0.25, 0.3) is 0 Å². The zero-order valence-electron chi connectivity index (χ0n) is 12.4. The number of carbonyl (C=O) groups is 1. The van der Waals surface area contributed by atoms with Crippen LogP contribution in [0, 0.1) is 0 Å². The van der Waals surface area contributed by atoms with Gasteiger partial charge in [-0.25, -0.2) is 9.78 Å².